The molecule has 1 aliphatic heterocycles. The first-order valence-corrected chi connectivity index (χ1v) is 13.0. The van der Waals surface area contributed by atoms with Gasteiger partial charge in [0.2, 0.25) is 0 Å². The molecule has 5 aliphatic rings. The Balaban J connectivity index is 1.56. The standard InChI is InChI=1S/C29H37NO6/c1-15-13-28-16(2)11-19-21(26(19,3)4)18(22(28)31)12-17-14-34-27(5,6)36-24(17)29(28,32)23(15)35-25-20(33-7)9-8-10-30-25/h8-10,12-13,16,18-19,21,23-24,32H,11,14H2,1-7H3/t16-,18+,19-,21+,23+,24-,28?,29-/m1/s1. The molecule has 1 saturated heterocycles. The van der Waals surface area contributed by atoms with Crippen LogP contribution in [0.5, 0.6) is 11.6 Å². The zero-order valence-corrected chi connectivity index (χ0v) is 22.2. The summed E-state index contributed by atoms with van der Waals surface area (Å²) in [6.07, 6.45) is 4.92. The molecule has 1 aromatic rings. The van der Waals surface area contributed by atoms with Crippen molar-refractivity contribution < 1.29 is 28.8 Å². The fourth-order valence-corrected chi connectivity index (χ4v) is 8.03. The van der Waals surface area contributed by atoms with E-state index in [0.717, 1.165) is 17.6 Å². The van der Waals surface area contributed by atoms with E-state index in [4.69, 9.17) is 18.9 Å². The molecule has 2 bridgehead atoms. The second-order valence-corrected chi connectivity index (χ2v) is 12.5. The van der Waals surface area contributed by atoms with Gasteiger partial charge in [0.05, 0.1) is 19.1 Å². The van der Waals surface area contributed by atoms with Crippen LogP contribution in [0.15, 0.2) is 41.6 Å². The third-order valence-corrected chi connectivity index (χ3v) is 9.86. The number of aromatic nitrogens is 1. The highest BCUT2D eigenvalue weighted by Crippen LogP contribution is 2.72. The minimum atomic E-state index is -1.68. The van der Waals surface area contributed by atoms with Crippen LogP contribution in [0.1, 0.15) is 48.0 Å². The Morgan fingerprint density at radius 2 is 1.97 bits per heavy atom. The third kappa shape index (κ3) is 2.91. The van der Waals surface area contributed by atoms with E-state index in [-0.39, 0.29) is 34.8 Å². The molecule has 0 aromatic carbocycles. The number of carbonyl (C=O) groups excluding carboxylic acids is 1. The van der Waals surface area contributed by atoms with E-state index in [0.29, 0.717) is 18.3 Å². The van der Waals surface area contributed by atoms with Crippen LogP contribution < -0.4 is 9.47 Å². The second kappa shape index (κ2) is 7.42. The third-order valence-electron chi connectivity index (χ3n) is 9.86. The molecule has 0 radical (unpaired) electrons. The van der Waals surface area contributed by atoms with E-state index in [9.17, 15) is 9.90 Å². The lowest BCUT2D eigenvalue weighted by Crippen LogP contribution is -2.68. The molecule has 1 N–H and O–H groups in total. The van der Waals surface area contributed by atoms with Gasteiger partial charge in [0.25, 0.3) is 5.88 Å². The van der Waals surface area contributed by atoms with Gasteiger partial charge in [0, 0.05) is 12.1 Å². The number of Topliss-reactive ketones (excluding diaryl/α,β-unsaturated/α-hetero) is 1. The van der Waals surface area contributed by atoms with E-state index >= 15 is 0 Å². The maximum atomic E-state index is 14.7. The number of aliphatic hydroxyl groups is 1. The summed E-state index contributed by atoms with van der Waals surface area (Å²) in [6.45, 7) is 12.6. The van der Waals surface area contributed by atoms with Crippen LogP contribution in [0.25, 0.3) is 0 Å². The van der Waals surface area contributed by atoms with E-state index in [1.54, 1.807) is 25.4 Å². The van der Waals surface area contributed by atoms with Crippen molar-refractivity contribution in [3.05, 3.63) is 41.6 Å². The number of ketones is 1. The Kier molecular flexibility index (Phi) is 4.98. The lowest BCUT2D eigenvalue weighted by Gasteiger charge is -2.52. The average molecular weight is 496 g/mol. The Hall–Kier alpha value is -2.22. The molecule has 4 aliphatic carbocycles. The number of rotatable bonds is 3. The van der Waals surface area contributed by atoms with Crippen LogP contribution in [0.3, 0.4) is 0 Å². The second-order valence-electron chi connectivity index (χ2n) is 12.5. The van der Waals surface area contributed by atoms with E-state index in [2.05, 4.69) is 31.8 Å². The Bertz CT molecular complexity index is 1190. The summed E-state index contributed by atoms with van der Waals surface area (Å²) in [5.74, 6) is 0.134. The summed E-state index contributed by atoms with van der Waals surface area (Å²) in [5.41, 5.74) is -1.15. The van der Waals surface area contributed by atoms with Crippen molar-refractivity contribution in [3.8, 4) is 11.6 Å². The van der Waals surface area contributed by atoms with Crippen LogP contribution >= 0.6 is 0 Å². The minimum Gasteiger partial charge on any atom is -0.491 e. The monoisotopic (exact) mass is 495 g/mol. The van der Waals surface area contributed by atoms with Crippen molar-refractivity contribution in [1.82, 2.24) is 4.98 Å². The van der Waals surface area contributed by atoms with E-state index in [1.807, 2.05) is 26.8 Å². The van der Waals surface area contributed by atoms with E-state index < -0.39 is 29.0 Å². The molecule has 7 heteroatoms. The van der Waals surface area contributed by atoms with Crippen LogP contribution in [0.2, 0.25) is 0 Å². The quantitative estimate of drug-likeness (QED) is 0.632. The van der Waals surface area contributed by atoms with Gasteiger partial charge in [0.15, 0.2) is 29.0 Å². The molecular formula is C29H37NO6. The predicted octanol–water partition coefficient (Wildman–Crippen LogP) is 4.10. The minimum absolute atomic E-state index is 0.0670. The summed E-state index contributed by atoms with van der Waals surface area (Å²) < 4.78 is 24.6. The number of fused-ring (bicyclic) bond motifs is 5. The first kappa shape index (κ1) is 24.1. The fourth-order valence-electron chi connectivity index (χ4n) is 8.03. The summed E-state index contributed by atoms with van der Waals surface area (Å²) in [4.78, 5) is 19.1. The predicted molar refractivity (Wildman–Crippen MR) is 132 cm³/mol. The largest absolute Gasteiger partial charge is 0.491 e. The topological polar surface area (TPSA) is 87.1 Å². The number of hydrogen-bond acceptors (Lipinski definition) is 7. The molecule has 8 atom stereocenters. The number of allylic oxidation sites excluding steroid dienone is 1. The molecule has 6 rings (SSSR count). The average Bonchev–Trinajstić information content (AvgIpc) is 3.31. The lowest BCUT2D eigenvalue weighted by molar-refractivity contribution is -0.301. The number of carbonyl (C=O) groups is 1. The number of pyridine rings is 1. The highest BCUT2D eigenvalue weighted by atomic mass is 16.7. The molecular weight excluding hydrogens is 458 g/mol. The Morgan fingerprint density at radius 1 is 1.22 bits per heavy atom. The smallest absolute Gasteiger partial charge is 0.257 e. The fraction of sp³-hybridized carbons (Fsp3) is 0.655. The molecule has 7 nitrogen and oxygen atoms in total. The lowest BCUT2D eigenvalue weighted by atomic mass is 9.59. The zero-order chi connectivity index (χ0) is 25.8. The first-order chi connectivity index (χ1) is 16.9. The van der Waals surface area contributed by atoms with Crippen molar-refractivity contribution >= 4 is 5.78 Å². The van der Waals surface area contributed by atoms with Crippen LogP contribution in [-0.4, -0.2) is 53.2 Å². The Morgan fingerprint density at radius 3 is 2.69 bits per heavy atom. The maximum absolute atomic E-state index is 14.7. The van der Waals surface area contributed by atoms with Gasteiger partial charge in [-0.05, 0) is 73.6 Å². The summed E-state index contributed by atoms with van der Waals surface area (Å²) in [5, 5.41) is 13.1. The van der Waals surface area contributed by atoms with Gasteiger partial charge in [-0.25, -0.2) is 4.98 Å². The summed E-state index contributed by atoms with van der Waals surface area (Å²) in [6, 6.07) is 3.54. The molecule has 1 aromatic heterocycles. The maximum Gasteiger partial charge on any atom is 0.257 e. The number of nitrogens with zero attached hydrogens (tertiary/aromatic N) is 1. The van der Waals surface area contributed by atoms with Crippen molar-refractivity contribution in [3.63, 3.8) is 0 Å². The number of hydrogen-bond donors (Lipinski definition) is 1. The van der Waals surface area contributed by atoms with Crippen molar-refractivity contribution in [1.29, 1.82) is 0 Å². The van der Waals surface area contributed by atoms with Crippen molar-refractivity contribution in [2.75, 3.05) is 13.7 Å². The number of ether oxygens (including phenoxy) is 4. The molecule has 2 heterocycles. The zero-order valence-electron chi connectivity index (χ0n) is 22.2. The molecule has 1 spiro atoms. The highest BCUT2D eigenvalue weighted by molar-refractivity contribution is 5.95. The summed E-state index contributed by atoms with van der Waals surface area (Å²) in [7, 11) is 1.56. The van der Waals surface area contributed by atoms with Crippen LogP contribution in [-0.2, 0) is 14.3 Å². The highest BCUT2D eigenvalue weighted by Gasteiger charge is 2.77. The molecule has 36 heavy (non-hydrogen) atoms. The summed E-state index contributed by atoms with van der Waals surface area (Å²) >= 11 is 0. The van der Waals surface area contributed by atoms with Gasteiger partial charge in [-0.3, -0.25) is 4.79 Å². The van der Waals surface area contributed by atoms with Crippen LogP contribution in [0.4, 0.5) is 0 Å². The van der Waals surface area contributed by atoms with Crippen molar-refractivity contribution in [2.24, 2.45) is 34.5 Å². The van der Waals surface area contributed by atoms with Gasteiger partial charge in [-0.1, -0.05) is 32.9 Å². The van der Waals surface area contributed by atoms with Gasteiger partial charge in [-0.15, -0.1) is 0 Å². The Labute approximate surface area is 212 Å². The van der Waals surface area contributed by atoms with E-state index in [1.165, 1.54) is 0 Å². The van der Waals surface area contributed by atoms with Crippen LogP contribution in [0, 0.1) is 34.5 Å². The molecule has 1 unspecified atom stereocenters. The molecule has 2 saturated carbocycles. The van der Waals surface area contributed by atoms with Gasteiger partial charge >= 0.3 is 0 Å². The molecule has 194 valence electrons. The molecule has 3 fully saturated rings. The van der Waals surface area contributed by atoms with Gasteiger partial charge in [0.1, 0.15) is 6.10 Å². The van der Waals surface area contributed by atoms with Gasteiger partial charge in [-0.2, -0.15) is 0 Å². The SMILES string of the molecule is COc1cccnc1O[C@H]1C(C)=CC23C(=O)[C@@H](C=C4COC(C)(C)O[C@H]4[C@]12O)[C@H]1[C@@H](C[C@H]3C)C1(C)C. The normalized spacial score (nSPS) is 43.6. The molecule has 0 amide bonds. The van der Waals surface area contributed by atoms with Gasteiger partial charge < -0.3 is 24.1 Å². The number of methoxy groups -OCH3 is 1. The van der Waals surface area contributed by atoms with Crippen molar-refractivity contribution in [2.45, 2.75) is 71.6 Å². The first-order valence-electron chi connectivity index (χ1n) is 13.0.